The first-order chi connectivity index (χ1) is 10.2. The summed E-state index contributed by atoms with van der Waals surface area (Å²) in [4.78, 5) is 6.71. The van der Waals surface area contributed by atoms with Crippen LogP contribution in [0.1, 0.15) is 19.8 Å². The lowest BCUT2D eigenvalue weighted by Gasteiger charge is -2.33. The SMILES string of the molecule is COCCOc1ccc(NC(C)C2CCN(C)CC2)cn1. The fraction of sp³-hybridized carbons (Fsp3) is 0.688. The van der Waals surface area contributed by atoms with Crippen molar-refractivity contribution >= 4 is 5.69 Å². The van der Waals surface area contributed by atoms with E-state index in [1.54, 1.807) is 7.11 Å². The van der Waals surface area contributed by atoms with Gasteiger partial charge in [0.15, 0.2) is 0 Å². The van der Waals surface area contributed by atoms with Crippen LogP contribution in [0.25, 0.3) is 0 Å². The summed E-state index contributed by atoms with van der Waals surface area (Å²) in [6.07, 6.45) is 4.36. The molecular weight excluding hydrogens is 266 g/mol. The molecule has 0 aromatic carbocycles. The Kier molecular flexibility index (Phi) is 6.26. The third kappa shape index (κ3) is 5.17. The standard InChI is InChI=1S/C16H27N3O2/c1-13(14-6-8-19(2)9-7-14)18-15-4-5-16(17-12-15)21-11-10-20-3/h4-5,12-14,18H,6-11H2,1-3H3. The monoisotopic (exact) mass is 293 g/mol. The zero-order chi connectivity index (χ0) is 15.1. The molecule has 1 fully saturated rings. The number of piperidine rings is 1. The molecule has 0 amide bonds. The van der Waals surface area contributed by atoms with Crippen LogP contribution in [0.2, 0.25) is 0 Å². The normalized spacial score (nSPS) is 18.4. The van der Waals surface area contributed by atoms with Crippen LogP contribution in [-0.2, 0) is 4.74 Å². The van der Waals surface area contributed by atoms with Gasteiger partial charge in [-0.25, -0.2) is 4.98 Å². The molecule has 1 unspecified atom stereocenters. The third-order valence-corrected chi connectivity index (χ3v) is 4.14. The molecule has 0 radical (unpaired) electrons. The van der Waals surface area contributed by atoms with E-state index in [0.29, 0.717) is 25.1 Å². The van der Waals surface area contributed by atoms with Crippen molar-refractivity contribution in [2.75, 3.05) is 45.8 Å². The molecule has 21 heavy (non-hydrogen) atoms. The van der Waals surface area contributed by atoms with E-state index in [1.165, 1.54) is 25.9 Å². The zero-order valence-corrected chi connectivity index (χ0v) is 13.3. The number of nitrogens with zero attached hydrogens (tertiary/aromatic N) is 2. The van der Waals surface area contributed by atoms with Crippen LogP contribution in [0.3, 0.4) is 0 Å². The van der Waals surface area contributed by atoms with Gasteiger partial charge in [-0.1, -0.05) is 0 Å². The van der Waals surface area contributed by atoms with Gasteiger partial charge in [0.1, 0.15) is 6.61 Å². The predicted octanol–water partition coefficient (Wildman–Crippen LogP) is 2.25. The molecule has 5 heteroatoms. The van der Waals surface area contributed by atoms with Crippen molar-refractivity contribution in [2.24, 2.45) is 5.92 Å². The number of likely N-dealkylation sites (tertiary alicyclic amines) is 1. The molecule has 1 aromatic heterocycles. The van der Waals surface area contributed by atoms with Crippen LogP contribution in [0.4, 0.5) is 5.69 Å². The second kappa shape index (κ2) is 8.20. The molecule has 2 heterocycles. The summed E-state index contributed by atoms with van der Waals surface area (Å²) in [6.45, 7) is 5.76. The lowest BCUT2D eigenvalue weighted by Crippen LogP contribution is -2.37. The van der Waals surface area contributed by atoms with Gasteiger partial charge in [-0.05, 0) is 51.9 Å². The van der Waals surface area contributed by atoms with Crippen LogP contribution >= 0.6 is 0 Å². The third-order valence-electron chi connectivity index (χ3n) is 4.14. The van der Waals surface area contributed by atoms with Crippen molar-refractivity contribution in [1.29, 1.82) is 0 Å². The summed E-state index contributed by atoms with van der Waals surface area (Å²) in [5.41, 5.74) is 1.06. The van der Waals surface area contributed by atoms with Gasteiger partial charge in [0, 0.05) is 19.2 Å². The molecule has 1 atom stereocenters. The zero-order valence-electron chi connectivity index (χ0n) is 13.3. The topological polar surface area (TPSA) is 46.6 Å². The second-order valence-electron chi connectivity index (χ2n) is 5.80. The molecule has 1 saturated heterocycles. The number of anilines is 1. The Morgan fingerprint density at radius 3 is 2.71 bits per heavy atom. The van der Waals surface area contributed by atoms with Crippen molar-refractivity contribution in [3.63, 3.8) is 0 Å². The van der Waals surface area contributed by atoms with E-state index >= 15 is 0 Å². The largest absolute Gasteiger partial charge is 0.475 e. The molecule has 0 aliphatic carbocycles. The average molecular weight is 293 g/mol. The van der Waals surface area contributed by atoms with Gasteiger partial charge in [-0.15, -0.1) is 0 Å². The highest BCUT2D eigenvalue weighted by molar-refractivity contribution is 5.43. The molecule has 118 valence electrons. The molecule has 1 aromatic rings. The Hall–Kier alpha value is -1.33. The summed E-state index contributed by atoms with van der Waals surface area (Å²) in [6, 6.07) is 4.40. The minimum absolute atomic E-state index is 0.473. The predicted molar refractivity (Wildman–Crippen MR) is 84.9 cm³/mol. The van der Waals surface area contributed by atoms with Crippen LogP contribution < -0.4 is 10.1 Å². The minimum atomic E-state index is 0.473. The van der Waals surface area contributed by atoms with E-state index in [-0.39, 0.29) is 0 Å². The highest BCUT2D eigenvalue weighted by atomic mass is 16.5. The highest BCUT2D eigenvalue weighted by Gasteiger charge is 2.22. The van der Waals surface area contributed by atoms with Gasteiger partial charge < -0.3 is 19.7 Å². The van der Waals surface area contributed by atoms with E-state index in [1.807, 2.05) is 18.3 Å². The van der Waals surface area contributed by atoms with Crippen LogP contribution in [-0.4, -0.2) is 56.4 Å². The van der Waals surface area contributed by atoms with Crippen molar-refractivity contribution in [1.82, 2.24) is 9.88 Å². The number of ether oxygens (including phenoxy) is 2. The maximum absolute atomic E-state index is 5.47. The smallest absolute Gasteiger partial charge is 0.213 e. The van der Waals surface area contributed by atoms with E-state index < -0.39 is 0 Å². The van der Waals surface area contributed by atoms with Gasteiger partial charge in [-0.3, -0.25) is 0 Å². The number of hydrogen-bond donors (Lipinski definition) is 1. The quantitative estimate of drug-likeness (QED) is 0.781. The Labute approximate surface area is 127 Å². The van der Waals surface area contributed by atoms with Gasteiger partial charge in [0.2, 0.25) is 5.88 Å². The minimum Gasteiger partial charge on any atom is -0.475 e. The number of methoxy groups -OCH3 is 1. The molecular formula is C16H27N3O2. The second-order valence-corrected chi connectivity index (χ2v) is 5.80. The van der Waals surface area contributed by atoms with Gasteiger partial charge in [-0.2, -0.15) is 0 Å². The van der Waals surface area contributed by atoms with E-state index in [9.17, 15) is 0 Å². The summed E-state index contributed by atoms with van der Waals surface area (Å²) in [7, 11) is 3.86. The molecule has 1 aliphatic heterocycles. The van der Waals surface area contributed by atoms with E-state index in [4.69, 9.17) is 9.47 Å². The molecule has 2 rings (SSSR count). The molecule has 1 N–H and O–H groups in total. The number of pyridine rings is 1. The Morgan fingerprint density at radius 2 is 2.10 bits per heavy atom. The first kappa shape index (κ1) is 16.0. The first-order valence-electron chi connectivity index (χ1n) is 7.72. The lowest BCUT2D eigenvalue weighted by atomic mass is 9.90. The average Bonchev–Trinajstić information content (AvgIpc) is 2.50. The van der Waals surface area contributed by atoms with Crippen molar-refractivity contribution < 1.29 is 9.47 Å². The number of aromatic nitrogens is 1. The van der Waals surface area contributed by atoms with E-state index in [0.717, 1.165) is 11.6 Å². The maximum Gasteiger partial charge on any atom is 0.213 e. The summed E-state index contributed by atoms with van der Waals surface area (Å²) >= 11 is 0. The molecule has 0 bridgehead atoms. The van der Waals surface area contributed by atoms with Crippen LogP contribution in [0.15, 0.2) is 18.3 Å². The van der Waals surface area contributed by atoms with Gasteiger partial charge in [0.25, 0.3) is 0 Å². The van der Waals surface area contributed by atoms with E-state index in [2.05, 4.69) is 29.2 Å². The molecule has 0 spiro atoms. The fourth-order valence-corrected chi connectivity index (χ4v) is 2.69. The Balaban J connectivity index is 1.79. The molecule has 1 aliphatic rings. The van der Waals surface area contributed by atoms with Crippen molar-refractivity contribution in [2.45, 2.75) is 25.8 Å². The van der Waals surface area contributed by atoms with Gasteiger partial charge in [0.05, 0.1) is 18.5 Å². The lowest BCUT2D eigenvalue weighted by molar-refractivity contribution is 0.144. The molecule has 0 saturated carbocycles. The summed E-state index contributed by atoms with van der Waals surface area (Å²) < 4.78 is 10.4. The number of hydrogen-bond acceptors (Lipinski definition) is 5. The van der Waals surface area contributed by atoms with Crippen LogP contribution in [0.5, 0.6) is 5.88 Å². The Morgan fingerprint density at radius 1 is 1.33 bits per heavy atom. The number of nitrogens with one attached hydrogen (secondary N) is 1. The summed E-state index contributed by atoms with van der Waals surface area (Å²) in [5, 5.41) is 3.56. The van der Waals surface area contributed by atoms with Gasteiger partial charge >= 0.3 is 0 Å². The first-order valence-corrected chi connectivity index (χ1v) is 7.72. The maximum atomic E-state index is 5.47. The van der Waals surface area contributed by atoms with Crippen molar-refractivity contribution in [3.8, 4) is 5.88 Å². The van der Waals surface area contributed by atoms with Crippen LogP contribution in [0, 0.1) is 5.92 Å². The highest BCUT2D eigenvalue weighted by Crippen LogP contribution is 2.22. The van der Waals surface area contributed by atoms with Crippen molar-refractivity contribution in [3.05, 3.63) is 18.3 Å². The Bertz CT molecular complexity index is 402. The number of rotatable bonds is 7. The molecule has 5 nitrogen and oxygen atoms in total. The fourth-order valence-electron chi connectivity index (χ4n) is 2.69. The summed E-state index contributed by atoms with van der Waals surface area (Å²) in [5.74, 6) is 1.38.